The molecule has 0 aromatic carbocycles. The van der Waals surface area contributed by atoms with Gasteiger partial charge in [-0.05, 0) is 18.3 Å². The molecule has 4 aliphatic heterocycles. The van der Waals surface area contributed by atoms with Crippen LogP contribution in [0.15, 0.2) is 24.0 Å². The smallest absolute Gasteiger partial charge is 0.226 e. The lowest BCUT2D eigenvalue weighted by molar-refractivity contribution is -0.145. The van der Waals surface area contributed by atoms with Gasteiger partial charge in [0, 0.05) is 44.2 Å². The van der Waals surface area contributed by atoms with Gasteiger partial charge in [-0.2, -0.15) is 0 Å². The molecule has 2 saturated heterocycles. The highest BCUT2D eigenvalue weighted by Gasteiger charge is 2.62. The van der Waals surface area contributed by atoms with Gasteiger partial charge in [0.05, 0.1) is 38.0 Å². The maximum absolute atomic E-state index is 12.8. The van der Waals surface area contributed by atoms with E-state index in [2.05, 4.69) is 14.9 Å². The molecule has 2 unspecified atom stereocenters. The van der Waals surface area contributed by atoms with Crippen LogP contribution >= 0.6 is 0 Å². The third-order valence-corrected chi connectivity index (χ3v) is 7.38. The van der Waals surface area contributed by atoms with Crippen LogP contribution in [0.25, 0.3) is 0 Å². The fourth-order valence-electron chi connectivity index (χ4n) is 5.76. The van der Waals surface area contributed by atoms with Crippen molar-refractivity contribution in [1.82, 2.24) is 19.8 Å². The standard InChI is InChI=1S/C21H26N4O4/c26-17(7-13-1-5-28-6-2-13)23-16-8-21(25-4-3-22-19(16)25)11-24(12-21)20(27)18-14-9-29-10-15(14)18/h1,3-4,14-16,18H,2,5-12H2,(H,23,26)/t14-,15+,16?,18?. The summed E-state index contributed by atoms with van der Waals surface area (Å²) in [6.45, 7) is 4.18. The van der Waals surface area contributed by atoms with E-state index in [-0.39, 0.29) is 29.3 Å². The van der Waals surface area contributed by atoms with E-state index in [1.807, 2.05) is 17.2 Å². The van der Waals surface area contributed by atoms with Gasteiger partial charge in [0.1, 0.15) is 5.82 Å². The van der Waals surface area contributed by atoms with E-state index in [0.29, 0.717) is 44.6 Å². The molecule has 1 N–H and O–H groups in total. The monoisotopic (exact) mass is 398 g/mol. The molecular weight excluding hydrogens is 372 g/mol. The summed E-state index contributed by atoms with van der Waals surface area (Å²) >= 11 is 0. The number of fused-ring (bicyclic) bond motifs is 3. The fraction of sp³-hybridized carbons (Fsp3) is 0.667. The molecule has 3 fully saturated rings. The number of nitrogens with zero attached hydrogens (tertiary/aromatic N) is 3. The Balaban J connectivity index is 1.10. The minimum Gasteiger partial charge on any atom is -0.381 e. The van der Waals surface area contributed by atoms with Gasteiger partial charge >= 0.3 is 0 Å². The molecule has 29 heavy (non-hydrogen) atoms. The summed E-state index contributed by atoms with van der Waals surface area (Å²) in [7, 11) is 0. The molecule has 2 amide bonds. The van der Waals surface area contributed by atoms with Crippen molar-refractivity contribution in [1.29, 1.82) is 0 Å². The molecule has 1 aromatic heterocycles. The van der Waals surface area contributed by atoms with Crippen molar-refractivity contribution < 1.29 is 19.1 Å². The minimum absolute atomic E-state index is 0.0350. The van der Waals surface area contributed by atoms with E-state index in [1.165, 1.54) is 0 Å². The van der Waals surface area contributed by atoms with Gasteiger partial charge < -0.3 is 24.3 Å². The van der Waals surface area contributed by atoms with Crippen molar-refractivity contribution in [2.45, 2.75) is 30.8 Å². The maximum Gasteiger partial charge on any atom is 0.226 e. The van der Waals surface area contributed by atoms with E-state index < -0.39 is 0 Å². The molecule has 5 heterocycles. The molecule has 4 atom stereocenters. The average molecular weight is 398 g/mol. The number of ether oxygens (including phenoxy) is 2. The molecular formula is C21H26N4O4. The Labute approximate surface area is 169 Å². The van der Waals surface area contributed by atoms with Crippen LogP contribution in [0.2, 0.25) is 0 Å². The number of carbonyl (C=O) groups is 2. The normalized spacial score (nSPS) is 33.7. The van der Waals surface area contributed by atoms with Gasteiger partial charge in [-0.15, -0.1) is 0 Å². The van der Waals surface area contributed by atoms with Crippen molar-refractivity contribution in [3.63, 3.8) is 0 Å². The lowest BCUT2D eigenvalue weighted by Gasteiger charge is -2.49. The number of aromatic nitrogens is 2. The number of likely N-dealkylation sites (tertiary alicyclic amines) is 1. The van der Waals surface area contributed by atoms with Crippen LogP contribution in [0.4, 0.5) is 0 Å². The summed E-state index contributed by atoms with van der Waals surface area (Å²) in [6, 6.07) is -0.0936. The molecule has 8 nitrogen and oxygen atoms in total. The summed E-state index contributed by atoms with van der Waals surface area (Å²) in [5.74, 6) is 2.29. The van der Waals surface area contributed by atoms with Crippen LogP contribution in [-0.2, 0) is 24.6 Å². The van der Waals surface area contributed by atoms with Crippen molar-refractivity contribution >= 4 is 11.8 Å². The second-order valence-corrected chi connectivity index (χ2v) is 9.15. The predicted octanol–water partition coefficient (Wildman–Crippen LogP) is 0.611. The van der Waals surface area contributed by atoms with Gasteiger partial charge in [0.25, 0.3) is 0 Å². The van der Waals surface area contributed by atoms with Gasteiger partial charge in [-0.3, -0.25) is 9.59 Å². The summed E-state index contributed by atoms with van der Waals surface area (Å²) in [5, 5.41) is 3.18. The summed E-state index contributed by atoms with van der Waals surface area (Å²) < 4.78 is 12.9. The number of hydrogen-bond acceptors (Lipinski definition) is 5. The van der Waals surface area contributed by atoms with Crippen LogP contribution < -0.4 is 5.32 Å². The van der Waals surface area contributed by atoms with E-state index in [0.717, 1.165) is 37.5 Å². The lowest BCUT2D eigenvalue weighted by Crippen LogP contribution is -2.63. The first-order chi connectivity index (χ1) is 14.1. The Kier molecular flexibility index (Phi) is 3.90. The molecule has 6 rings (SSSR count). The van der Waals surface area contributed by atoms with E-state index in [9.17, 15) is 9.59 Å². The number of carbonyl (C=O) groups excluding carboxylic acids is 2. The average Bonchev–Trinajstić information content (AvgIpc) is 3.09. The van der Waals surface area contributed by atoms with Crippen LogP contribution in [0, 0.1) is 17.8 Å². The molecule has 1 saturated carbocycles. The van der Waals surface area contributed by atoms with E-state index in [1.54, 1.807) is 6.20 Å². The molecule has 1 spiro atoms. The minimum atomic E-state index is -0.127. The third kappa shape index (κ3) is 2.76. The molecule has 154 valence electrons. The van der Waals surface area contributed by atoms with Gasteiger partial charge in [-0.1, -0.05) is 11.6 Å². The Hall–Kier alpha value is -2.19. The van der Waals surface area contributed by atoms with E-state index in [4.69, 9.17) is 9.47 Å². The Bertz CT molecular complexity index is 877. The molecule has 5 aliphatic rings. The largest absolute Gasteiger partial charge is 0.381 e. The van der Waals surface area contributed by atoms with Crippen molar-refractivity contribution in [3.8, 4) is 0 Å². The van der Waals surface area contributed by atoms with Gasteiger partial charge in [0.2, 0.25) is 11.8 Å². The highest BCUT2D eigenvalue weighted by molar-refractivity contribution is 5.84. The first-order valence-electron chi connectivity index (χ1n) is 10.6. The van der Waals surface area contributed by atoms with Crippen molar-refractivity contribution in [3.05, 3.63) is 29.9 Å². The van der Waals surface area contributed by atoms with E-state index >= 15 is 0 Å². The lowest BCUT2D eigenvalue weighted by atomic mass is 9.85. The molecule has 0 bridgehead atoms. The Morgan fingerprint density at radius 1 is 1.24 bits per heavy atom. The predicted molar refractivity (Wildman–Crippen MR) is 102 cm³/mol. The van der Waals surface area contributed by atoms with Crippen LogP contribution in [0.1, 0.15) is 31.1 Å². The zero-order valence-electron chi connectivity index (χ0n) is 16.4. The number of hydrogen-bond donors (Lipinski definition) is 1. The Morgan fingerprint density at radius 3 is 2.83 bits per heavy atom. The summed E-state index contributed by atoms with van der Waals surface area (Å²) in [5.41, 5.74) is 1.02. The molecule has 1 aromatic rings. The van der Waals surface area contributed by atoms with Crippen molar-refractivity contribution in [2.24, 2.45) is 17.8 Å². The van der Waals surface area contributed by atoms with Crippen molar-refractivity contribution in [2.75, 3.05) is 39.5 Å². The Morgan fingerprint density at radius 2 is 2.07 bits per heavy atom. The second-order valence-electron chi connectivity index (χ2n) is 9.15. The SMILES string of the molecule is O=C(CC1=CCOCC1)NC1CC2(CN(C(=O)C3[C@H]4COC[C@@H]34)C2)n2ccnc21. The summed E-state index contributed by atoms with van der Waals surface area (Å²) in [6.07, 6.45) is 7.84. The fourth-order valence-corrected chi connectivity index (χ4v) is 5.76. The molecule has 0 radical (unpaired) electrons. The van der Waals surface area contributed by atoms with Crippen LogP contribution in [0.5, 0.6) is 0 Å². The number of rotatable bonds is 4. The highest BCUT2D eigenvalue weighted by atomic mass is 16.5. The van der Waals surface area contributed by atoms with Gasteiger partial charge in [-0.25, -0.2) is 4.98 Å². The quantitative estimate of drug-likeness (QED) is 0.752. The summed E-state index contributed by atoms with van der Waals surface area (Å²) in [4.78, 5) is 31.9. The topological polar surface area (TPSA) is 85.7 Å². The first kappa shape index (κ1) is 17.7. The third-order valence-electron chi connectivity index (χ3n) is 7.38. The number of amides is 2. The number of nitrogens with one attached hydrogen (secondary N) is 1. The van der Waals surface area contributed by atoms with Gasteiger partial charge in [0.15, 0.2) is 0 Å². The molecule has 8 heteroatoms. The van der Waals surface area contributed by atoms with Crippen LogP contribution in [-0.4, -0.2) is 65.8 Å². The first-order valence-corrected chi connectivity index (χ1v) is 10.6. The zero-order chi connectivity index (χ0) is 19.6. The van der Waals surface area contributed by atoms with Crippen LogP contribution in [0.3, 0.4) is 0 Å². The zero-order valence-corrected chi connectivity index (χ0v) is 16.4. The second kappa shape index (κ2) is 6.40. The maximum atomic E-state index is 12.8. The molecule has 1 aliphatic carbocycles. The number of imidazole rings is 1. The highest BCUT2D eigenvalue weighted by Crippen LogP contribution is 2.53.